The number of rotatable bonds is 6. The van der Waals surface area contributed by atoms with E-state index in [-0.39, 0.29) is 4.47 Å². The number of amides is 1. The predicted octanol–water partition coefficient (Wildman–Crippen LogP) is -0.440. The third-order valence-corrected chi connectivity index (χ3v) is 2.38. The van der Waals surface area contributed by atoms with E-state index in [1.165, 1.54) is 0 Å². The highest BCUT2D eigenvalue weighted by atomic mass is 32.1. The Morgan fingerprint density at radius 1 is 1.47 bits per heavy atom. The standard InChI is InChI=1S/C4H9N2O7PS/c7-3(8)1-5-2-14(11,12)13-6(15)4(9)10/h5,15H,1-2H2,(H,7,8)(H,9,10)(H,11,12). The molecule has 1 unspecified atom stereocenters. The van der Waals surface area contributed by atoms with Crippen LogP contribution >= 0.6 is 20.4 Å². The van der Waals surface area contributed by atoms with Gasteiger partial charge in [-0.05, 0) is 12.8 Å². The van der Waals surface area contributed by atoms with Crippen molar-refractivity contribution in [2.75, 3.05) is 12.8 Å². The maximum absolute atomic E-state index is 11.0. The smallest absolute Gasteiger partial charge is 0.442 e. The van der Waals surface area contributed by atoms with Crippen molar-refractivity contribution in [3.63, 3.8) is 0 Å². The summed E-state index contributed by atoms with van der Waals surface area (Å²) in [6.07, 6.45) is -2.38. The summed E-state index contributed by atoms with van der Waals surface area (Å²) < 4.78 is 14.9. The van der Waals surface area contributed by atoms with Gasteiger partial charge in [-0.2, -0.15) is 4.62 Å². The van der Waals surface area contributed by atoms with Gasteiger partial charge in [0.15, 0.2) is 0 Å². The summed E-state index contributed by atoms with van der Waals surface area (Å²) in [5.74, 6) is -1.23. The molecular formula is C4H9N2O7PS. The molecule has 0 aliphatic heterocycles. The molecule has 0 aromatic carbocycles. The molecule has 0 bridgehead atoms. The van der Waals surface area contributed by atoms with Gasteiger partial charge in [-0.25, -0.2) is 4.79 Å². The van der Waals surface area contributed by atoms with E-state index in [4.69, 9.17) is 15.1 Å². The van der Waals surface area contributed by atoms with Crippen molar-refractivity contribution in [2.24, 2.45) is 0 Å². The second kappa shape index (κ2) is 5.93. The van der Waals surface area contributed by atoms with Crippen molar-refractivity contribution < 1.29 is 33.9 Å². The van der Waals surface area contributed by atoms with Crippen LogP contribution in [0.1, 0.15) is 0 Å². The summed E-state index contributed by atoms with van der Waals surface area (Å²) in [6.45, 7) is -0.548. The molecule has 0 radical (unpaired) electrons. The zero-order valence-electron chi connectivity index (χ0n) is 7.23. The first kappa shape index (κ1) is 14.2. The predicted molar refractivity (Wildman–Crippen MR) is 50.3 cm³/mol. The quantitative estimate of drug-likeness (QED) is 0.246. The summed E-state index contributed by atoms with van der Waals surface area (Å²) in [5.41, 5.74) is 0. The summed E-state index contributed by atoms with van der Waals surface area (Å²) in [4.78, 5) is 29.1. The Morgan fingerprint density at radius 2 is 2.00 bits per heavy atom. The number of hydroxylamine groups is 1. The van der Waals surface area contributed by atoms with Crippen molar-refractivity contribution in [1.29, 1.82) is 0 Å². The minimum absolute atomic E-state index is 0.136. The summed E-state index contributed by atoms with van der Waals surface area (Å²) in [6, 6.07) is 0. The zero-order valence-corrected chi connectivity index (χ0v) is 9.02. The van der Waals surface area contributed by atoms with Crippen LogP contribution in [-0.2, 0) is 14.0 Å². The van der Waals surface area contributed by atoms with Crippen molar-refractivity contribution >= 4 is 32.5 Å². The van der Waals surface area contributed by atoms with Gasteiger partial charge < -0.3 is 15.1 Å². The number of hydrogen-bond donors (Lipinski definition) is 5. The van der Waals surface area contributed by atoms with Crippen molar-refractivity contribution in [1.82, 2.24) is 9.79 Å². The fraction of sp³-hybridized carbons (Fsp3) is 0.500. The molecule has 0 aliphatic rings. The lowest BCUT2D eigenvalue weighted by Crippen LogP contribution is -2.26. The first-order valence-electron chi connectivity index (χ1n) is 3.40. The van der Waals surface area contributed by atoms with Crippen LogP contribution in [-0.4, -0.2) is 44.5 Å². The van der Waals surface area contributed by atoms with Gasteiger partial charge in [0.05, 0.1) is 6.54 Å². The lowest BCUT2D eigenvalue weighted by atomic mass is 10.7. The molecule has 88 valence electrons. The van der Waals surface area contributed by atoms with E-state index in [2.05, 4.69) is 22.8 Å². The topological polar surface area (TPSA) is 136 Å². The van der Waals surface area contributed by atoms with Gasteiger partial charge in [0.1, 0.15) is 6.29 Å². The molecular weight excluding hydrogens is 251 g/mol. The first-order valence-corrected chi connectivity index (χ1v) is 5.57. The van der Waals surface area contributed by atoms with E-state index in [1.54, 1.807) is 0 Å². The minimum Gasteiger partial charge on any atom is -0.480 e. The van der Waals surface area contributed by atoms with Crippen molar-refractivity contribution in [2.45, 2.75) is 0 Å². The number of thiol groups is 1. The van der Waals surface area contributed by atoms with Gasteiger partial charge in [0.25, 0.3) is 0 Å². The Hall–Kier alpha value is -0.800. The van der Waals surface area contributed by atoms with Crippen LogP contribution in [0.3, 0.4) is 0 Å². The number of hydrogen-bond acceptors (Lipinski definition) is 6. The largest absolute Gasteiger partial charge is 0.480 e. The minimum atomic E-state index is -4.26. The van der Waals surface area contributed by atoms with Crippen LogP contribution in [0.15, 0.2) is 0 Å². The van der Waals surface area contributed by atoms with Gasteiger partial charge >= 0.3 is 19.7 Å². The molecule has 0 fully saturated rings. The Bertz CT molecular complexity index is 297. The maximum Gasteiger partial charge on any atom is 0.442 e. The molecule has 0 aromatic rings. The SMILES string of the molecule is O=C(O)CNCP(=O)(O)ON(S)C(=O)O. The number of nitrogens with one attached hydrogen (secondary N) is 1. The second-order valence-corrected chi connectivity index (χ2v) is 4.37. The molecule has 0 saturated carbocycles. The molecule has 1 atom stereocenters. The highest BCUT2D eigenvalue weighted by Crippen LogP contribution is 2.41. The van der Waals surface area contributed by atoms with Gasteiger partial charge in [0, 0.05) is 0 Å². The molecule has 0 aromatic heterocycles. The maximum atomic E-state index is 11.0. The first-order chi connectivity index (χ1) is 6.74. The highest BCUT2D eigenvalue weighted by molar-refractivity contribution is 7.78. The van der Waals surface area contributed by atoms with Crippen molar-refractivity contribution in [3.05, 3.63) is 0 Å². The Morgan fingerprint density at radius 3 is 2.40 bits per heavy atom. The number of carboxylic acids is 1. The third-order valence-electron chi connectivity index (χ3n) is 0.956. The van der Waals surface area contributed by atoms with Gasteiger partial charge in [-0.1, -0.05) is 0 Å². The molecule has 0 saturated heterocycles. The van der Waals surface area contributed by atoms with Gasteiger partial charge in [-0.3, -0.25) is 14.7 Å². The van der Waals surface area contributed by atoms with Crippen LogP contribution in [0.2, 0.25) is 0 Å². The summed E-state index contributed by atoms with van der Waals surface area (Å²) >= 11 is 3.22. The van der Waals surface area contributed by atoms with Crippen LogP contribution < -0.4 is 5.32 Å². The molecule has 11 heteroatoms. The van der Waals surface area contributed by atoms with E-state index in [0.29, 0.717) is 0 Å². The number of aliphatic carboxylic acids is 1. The molecule has 0 rings (SSSR count). The second-order valence-electron chi connectivity index (χ2n) is 2.25. The third kappa shape index (κ3) is 7.17. The van der Waals surface area contributed by atoms with Gasteiger partial charge in [0.2, 0.25) is 0 Å². The Labute approximate surface area is 89.7 Å². The van der Waals surface area contributed by atoms with Crippen LogP contribution in [0.5, 0.6) is 0 Å². The fourth-order valence-electron chi connectivity index (χ4n) is 0.489. The lowest BCUT2D eigenvalue weighted by molar-refractivity contribution is -0.135. The highest BCUT2D eigenvalue weighted by Gasteiger charge is 2.25. The Balaban J connectivity index is 4.02. The molecule has 15 heavy (non-hydrogen) atoms. The van der Waals surface area contributed by atoms with E-state index < -0.39 is 32.5 Å². The van der Waals surface area contributed by atoms with Crippen LogP contribution in [0.4, 0.5) is 4.79 Å². The van der Waals surface area contributed by atoms with Crippen LogP contribution in [0.25, 0.3) is 0 Å². The summed E-state index contributed by atoms with van der Waals surface area (Å²) in [7, 11) is -4.26. The van der Waals surface area contributed by atoms with Crippen LogP contribution in [0, 0.1) is 0 Å². The normalized spacial score (nSPS) is 14.3. The van der Waals surface area contributed by atoms with Gasteiger partial charge in [-0.15, -0.1) is 4.47 Å². The van der Waals surface area contributed by atoms with E-state index in [0.717, 1.165) is 0 Å². The van der Waals surface area contributed by atoms with E-state index >= 15 is 0 Å². The molecule has 0 heterocycles. The average molecular weight is 260 g/mol. The number of carbonyl (C=O) groups is 2. The number of carboxylic acid groups (broad SMARTS) is 2. The zero-order chi connectivity index (χ0) is 12.1. The average Bonchev–Trinajstić information content (AvgIpc) is 2.01. The van der Waals surface area contributed by atoms with Crippen molar-refractivity contribution in [3.8, 4) is 0 Å². The Kier molecular flexibility index (Phi) is 5.61. The molecule has 4 N–H and O–H groups in total. The number of nitrogens with zero attached hydrogens (tertiary/aromatic N) is 1. The monoisotopic (exact) mass is 260 g/mol. The van der Waals surface area contributed by atoms with E-state index in [9.17, 15) is 14.2 Å². The molecule has 0 aliphatic carbocycles. The summed E-state index contributed by atoms with van der Waals surface area (Å²) in [5, 5.41) is 18.5. The molecule has 9 nitrogen and oxygen atoms in total. The fourth-order valence-corrected chi connectivity index (χ4v) is 1.59. The molecule has 0 spiro atoms. The lowest BCUT2D eigenvalue weighted by Gasteiger charge is -2.15. The van der Waals surface area contributed by atoms with E-state index in [1.807, 2.05) is 0 Å². The molecule has 1 amide bonds.